The zero-order valence-corrected chi connectivity index (χ0v) is 9.98. The predicted octanol–water partition coefficient (Wildman–Crippen LogP) is 1.06. The molecule has 0 aliphatic rings. The molecule has 0 saturated carbocycles. The van der Waals surface area contributed by atoms with Crippen LogP contribution >= 0.6 is 11.6 Å². The third kappa shape index (κ3) is 5.04. The fourth-order valence-electron chi connectivity index (χ4n) is 1.32. The Kier molecular flexibility index (Phi) is 5.76. The van der Waals surface area contributed by atoms with E-state index in [1.54, 1.807) is 24.3 Å². The molecule has 0 aliphatic carbocycles. The number of halogens is 1. The maximum Gasteiger partial charge on any atom is 0.404 e. The van der Waals surface area contributed by atoms with Crippen LogP contribution in [0.15, 0.2) is 24.3 Å². The number of nitrogens with one attached hydrogen (secondary N) is 1. The van der Waals surface area contributed by atoms with Gasteiger partial charge in [-0.05, 0) is 6.07 Å². The molecule has 0 saturated heterocycles. The van der Waals surface area contributed by atoms with Crippen molar-refractivity contribution in [2.75, 3.05) is 19.7 Å². The summed E-state index contributed by atoms with van der Waals surface area (Å²) in [5, 5.41) is 13.3. The minimum absolute atomic E-state index is 0.171. The number of rotatable bonds is 6. The first-order valence-corrected chi connectivity index (χ1v) is 5.54. The third-order valence-electron chi connectivity index (χ3n) is 2.13. The smallest absolute Gasteiger partial charge is 0.404 e. The molecule has 1 atom stereocenters. The maximum absolute atomic E-state index is 10.3. The molecule has 0 fully saturated rings. The van der Waals surface area contributed by atoms with Crippen molar-refractivity contribution >= 4 is 17.7 Å². The van der Waals surface area contributed by atoms with Crippen molar-refractivity contribution in [3.63, 3.8) is 0 Å². The molecular formula is C11H15ClN2O3. The van der Waals surface area contributed by atoms with Gasteiger partial charge < -0.3 is 20.9 Å². The molecule has 0 aromatic heterocycles. The zero-order chi connectivity index (χ0) is 12.7. The van der Waals surface area contributed by atoms with E-state index in [1.165, 1.54) is 0 Å². The van der Waals surface area contributed by atoms with Gasteiger partial charge in [0.15, 0.2) is 0 Å². The summed E-state index contributed by atoms with van der Waals surface area (Å²) in [4.78, 5) is 10.3. The van der Waals surface area contributed by atoms with Gasteiger partial charge in [0, 0.05) is 23.7 Å². The second kappa shape index (κ2) is 7.11. The molecule has 1 amide bonds. The Morgan fingerprint density at radius 1 is 1.53 bits per heavy atom. The number of primary amides is 1. The lowest BCUT2D eigenvalue weighted by Crippen LogP contribution is -2.27. The number of aliphatic hydroxyl groups excluding tert-OH is 1. The first-order chi connectivity index (χ1) is 8.11. The van der Waals surface area contributed by atoms with Crippen molar-refractivity contribution in [3.05, 3.63) is 34.9 Å². The van der Waals surface area contributed by atoms with E-state index in [4.69, 9.17) is 17.3 Å². The maximum atomic E-state index is 10.3. The Morgan fingerprint density at radius 3 is 2.88 bits per heavy atom. The van der Waals surface area contributed by atoms with E-state index in [1.807, 2.05) is 0 Å². The molecule has 1 rings (SSSR count). The summed E-state index contributed by atoms with van der Waals surface area (Å²) in [6.45, 7) is 0.918. The van der Waals surface area contributed by atoms with Crippen molar-refractivity contribution in [1.29, 1.82) is 0 Å². The van der Waals surface area contributed by atoms with Gasteiger partial charge >= 0.3 is 6.09 Å². The van der Waals surface area contributed by atoms with Crippen LogP contribution in [0, 0.1) is 0 Å². The van der Waals surface area contributed by atoms with Crippen molar-refractivity contribution in [3.8, 4) is 0 Å². The summed E-state index contributed by atoms with van der Waals surface area (Å²) in [7, 11) is 0. The van der Waals surface area contributed by atoms with Crippen LogP contribution in [0.25, 0.3) is 0 Å². The SMILES string of the molecule is NC(=O)OCCNCC(O)c1ccccc1Cl. The van der Waals surface area contributed by atoms with Gasteiger partial charge in [-0.3, -0.25) is 0 Å². The molecule has 17 heavy (non-hydrogen) atoms. The van der Waals surface area contributed by atoms with Crippen LogP contribution < -0.4 is 11.1 Å². The van der Waals surface area contributed by atoms with Crippen molar-refractivity contribution in [2.24, 2.45) is 5.73 Å². The van der Waals surface area contributed by atoms with E-state index in [2.05, 4.69) is 10.1 Å². The van der Waals surface area contributed by atoms with Crippen LogP contribution in [0.1, 0.15) is 11.7 Å². The van der Waals surface area contributed by atoms with E-state index in [0.717, 1.165) is 0 Å². The highest BCUT2D eigenvalue weighted by Crippen LogP contribution is 2.21. The number of hydrogen-bond donors (Lipinski definition) is 3. The van der Waals surface area contributed by atoms with Gasteiger partial charge in [-0.25, -0.2) is 4.79 Å². The van der Waals surface area contributed by atoms with Crippen LogP contribution in [0.4, 0.5) is 4.79 Å². The highest BCUT2D eigenvalue weighted by molar-refractivity contribution is 6.31. The summed E-state index contributed by atoms with van der Waals surface area (Å²) in [5.41, 5.74) is 5.45. The predicted molar refractivity (Wildman–Crippen MR) is 64.8 cm³/mol. The molecular weight excluding hydrogens is 244 g/mol. The number of aliphatic hydroxyl groups is 1. The number of amides is 1. The van der Waals surface area contributed by atoms with E-state index in [0.29, 0.717) is 23.7 Å². The van der Waals surface area contributed by atoms with E-state index in [-0.39, 0.29) is 6.61 Å². The number of hydrogen-bond acceptors (Lipinski definition) is 4. The summed E-state index contributed by atoms with van der Waals surface area (Å²) in [6, 6.07) is 7.08. The average molecular weight is 259 g/mol. The molecule has 94 valence electrons. The molecule has 6 heteroatoms. The number of carbonyl (C=O) groups is 1. The van der Waals surface area contributed by atoms with Gasteiger partial charge in [-0.1, -0.05) is 29.8 Å². The molecule has 4 N–H and O–H groups in total. The van der Waals surface area contributed by atoms with Gasteiger partial charge in [0.1, 0.15) is 6.61 Å². The average Bonchev–Trinajstić information content (AvgIpc) is 2.28. The van der Waals surface area contributed by atoms with Gasteiger partial charge in [-0.2, -0.15) is 0 Å². The first kappa shape index (κ1) is 13.8. The molecule has 0 spiro atoms. The highest BCUT2D eigenvalue weighted by Gasteiger charge is 2.09. The number of carbonyl (C=O) groups excluding carboxylic acids is 1. The van der Waals surface area contributed by atoms with Gasteiger partial charge in [0.05, 0.1) is 6.10 Å². The lowest BCUT2D eigenvalue weighted by molar-refractivity contribution is 0.149. The van der Waals surface area contributed by atoms with E-state index < -0.39 is 12.2 Å². The highest BCUT2D eigenvalue weighted by atomic mass is 35.5. The Balaban J connectivity index is 2.28. The van der Waals surface area contributed by atoms with Crippen molar-refractivity contribution in [1.82, 2.24) is 5.32 Å². The van der Waals surface area contributed by atoms with Crippen LogP contribution in [-0.4, -0.2) is 30.9 Å². The Labute approximate surface area is 105 Å². The molecule has 5 nitrogen and oxygen atoms in total. The fraction of sp³-hybridized carbons (Fsp3) is 0.364. The number of benzene rings is 1. The summed E-state index contributed by atoms with van der Waals surface area (Å²) >= 11 is 5.93. The Morgan fingerprint density at radius 2 is 2.24 bits per heavy atom. The third-order valence-corrected chi connectivity index (χ3v) is 2.47. The number of nitrogens with two attached hydrogens (primary N) is 1. The minimum atomic E-state index is -0.807. The van der Waals surface area contributed by atoms with Crippen molar-refractivity contribution < 1.29 is 14.6 Å². The zero-order valence-electron chi connectivity index (χ0n) is 9.23. The van der Waals surface area contributed by atoms with Crippen LogP contribution in [0.2, 0.25) is 5.02 Å². The summed E-state index contributed by atoms with van der Waals surface area (Å²) in [5.74, 6) is 0. The summed E-state index contributed by atoms with van der Waals surface area (Å²) in [6.07, 6.45) is -1.50. The fourth-order valence-corrected chi connectivity index (χ4v) is 1.58. The molecule has 1 aromatic rings. The lowest BCUT2D eigenvalue weighted by Gasteiger charge is -2.13. The molecule has 0 heterocycles. The Hall–Kier alpha value is -1.30. The van der Waals surface area contributed by atoms with E-state index >= 15 is 0 Å². The minimum Gasteiger partial charge on any atom is -0.448 e. The lowest BCUT2D eigenvalue weighted by atomic mass is 10.1. The summed E-state index contributed by atoms with van der Waals surface area (Å²) < 4.78 is 4.52. The van der Waals surface area contributed by atoms with Crippen LogP contribution in [-0.2, 0) is 4.74 Å². The topological polar surface area (TPSA) is 84.6 Å². The van der Waals surface area contributed by atoms with Crippen LogP contribution in [0.5, 0.6) is 0 Å². The second-order valence-corrected chi connectivity index (χ2v) is 3.82. The first-order valence-electron chi connectivity index (χ1n) is 5.16. The van der Waals surface area contributed by atoms with Crippen molar-refractivity contribution in [2.45, 2.75) is 6.10 Å². The second-order valence-electron chi connectivity index (χ2n) is 3.41. The quantitative estimate of drug-likeness (QED) is 0.666. The van der Waals surface area contributed by atoms with Gasteiger partial charge in [-0.15, -0.1) is 0 Å². The molecule has 1 unspecified atom stereocenters. The Bertz CT molecular complexity index is 373. The van der Waals surface area contributed by atoms with Gasteiger partial charge in [0.25, 0.3) is 0 Å². The molecule has 1 aromatic carbocycles. The van der Waals surface area contributed by atoms with Gasteiger partial charge in [0.2, 0.25) is 0 Å². The molecule has 0 aliphatic heterocycles. The molecule has 0 bridgehead atoms. The van der Waals surface area contributed by atoms with Crippen LogP contribution in [0.3, 0.4) is 0 Å². The number of ether oxygens (including phenoxy) is 1. The normalized spacial score (nSPS) is 12.1. The standard InChI is InChI=1S/C11H15ClN2O3/c12-9-4-2-1-3-8(9)10(15)7-14-5-6-17-11(13)16/h1-4,10,14-15H,5-7H2,(H2,13,16). The van der Waals surface area contributed by atoms with E-state index in [9.17, 15) is 9.90 Å². The molecule has 0 radical (unpaired) electrons. The monoisotopic (exact) mass is 258 g/mol. The largest absolute Gasteiger partial charge is 0.448 e.